The van der Waals surface area contributed by atoms with E-state index < -0.39 is 0 Å². The van der Waals surface area contributed by atoms with Gasteiger partial charge in [-0.15, -0.1) is 35.3 Å². The first-order chi connectivity index (χ1) is 12.0. The molecule has 0 spiro atoms. The monoisotopic (exact) mass is 488 g/mol. The van der Waals surface area contributed by atoms with E-state index in [1.54, 1.807) is 18.4 Å². The Morgan fingerprint density at radius 2 is 2.00 bits per heavy atom. The summed E-state index contributed by atoms with van der Waals surface area (Å²) >= 11 is 1.74. The number of thiazole rings is 1. The average Bonchev–Trinajstić information content (AvgIpc) is 3.08. The summed E-state index contributed by atoms with van der Waals surface area (Å²) in [5.74, 6) is 2.25. The SMILES string of the molecule is CN=C(NCCc1csc(C(C)C)n1)N(C)Cc1ccc(OC)cc1.I. The van der Waals surface area contributed by atoms with Crippen LogP contribution in [0.15, 0.2) is 34.6 Å². The number of halogens is 1. The Bertz CT molecular complexity index is 685. The Hall–Kier alpha value is -1.35. The summed E-state index contributed by atoms with van der Waals surface area (Å²) in [5.41, 5.74) is 2.36. The van der Waals surface area contributed by atoms with E-state index in [1.165, 1.54) is 10.6 Å². The van der Waals surface area contributed by atoms with Gasteiger partial charge in [-0.2, -0.15) is 0 Å². The first-order valence-corrected chi connectivity index (χ1v) is 9.40. The number of rotatable bonds is 7. The van der Waals surface area contributed by atoms with Crippen molar-refractivity contribution < 1.29 is 4.74 Å². The summed E-state index contributed by atoms with van der Waals surface area (Å²) in [7, 11) is 5.53. The topological polar surface area (TPSA) is 49.8 Å². The second-order valence-electron chi connectivity index (χ2n) is 6.26. The van der Waals surface area contributed by atoms with E-state index >= 15 is 0 Å². The Morgan fingerprint density at radius 3 is 2.54 bits per heavy atom. The molecule has 0 bridgehead atoms. The highest BCUT2D eigenvalue weighted by Crippen LogP contribution is 2.19. The third-order valence-electron chi connectivity index (χ3n) is 3.88. The van der Waals surface area contributed by atoms with Gasteiger partial charge in [0.05, 0.1) is 17.8 Å². The lowest BCUT2D eigenvalue weighted by Crippen LogP contribution is -2.39. The predicted molar refractivity (Wildman–Crippen MR) is 121 cm³/mol. The van der Waals surface area contributed by atoms with Gasteiger partial charge < -0.3 is 15.0 Å². The van der Waals surface area contributed by atoms with Crippen LogP contribution in [0, 0.1) is 0 Å². The molecule has 1 N–H and O–H groups in total. The van der Waals surface area contributed by atoms with Crippen molar-refractivity contribution in [3.63, 3.8) is 0 Å². The van der Waals surface area contributed by atoms with E-state index in [0.717, 1.165) is 36.9 Å². The van der Waals surface area contributed by atoms with E-state index in [2.05, 4.69) is 51.6 Å². The highest BCUT2D eigenvalue weighted by atomic mass is 127. The minimum Gasteiger partial charge on any atom is -0.497 e. The number of nitrogens with zero attached hydrogens (tertiary/aromatic N) is 3. The van der Waals surface area contributed by atoms with E-state index in [1.807, 2.05) is 26.2 Å². The van der Waals surface area contributed by atoms with E-state index in [-0.39, 0.29) is 24.0 Å². The van der Waals surface area contributed by atoms with Crippen LogP contribution >= 0.6 is 35.3 Å². The molecule has 0 aliphatic carbocycles. The smallest absolute Gasteiger partial charge is 0.193 e. The van der Waals surface area contributed by atoms with Crippen molar-refractivity contribution in [2.45, 2.75) is 32.7 Å². The molecule has 0 atom stereocenters. The predicted octanol–water partition coefficient (Wildman–Crippen LogP) is 4.14. The van der Waals surface area contributed by atoms with Gasteiger partial charge in [0.2, 0.25) is 0 Å². The lowest BCUT2D eigenvalue weighted by Gasteiger charge is -2.22. The maximum absolute atomic E-state index is 5.20. The van der Waals surface area contributed by atoms with Crippen LogP contribution < -0.4 is 10.1 Å². The molecular formula is C19H29IN4OS. The first kappa shape index (κ1) is 22.7. The summed E-state index contributed by atoms with van der Waals surface area (Å²) in [6, 6.07) is 8.11. The van der Waals surface area contributed by atoms with Crippen molar-refractivity contribution >= 4 is 41.3 Å². The second-order valence-corrected chi connectivity index (χ2v) is 7.15. The van der Waals surface area contributed by atoms with Crippen molar-refractivity contribution in [1.82, 2.24) is 15.2 Å². The van der Waals surface area contributed by atoms with Crippen molar-refractivity contribution in [2.75, 3.05) is 27.7 Å². The molecule has 1 aromatic carbocycles. The van der Waals surface area contributed by atoms with Crippen LogP contribution in [0.5, 0.6) is 5.75 Å². The number of guanidine groups is 1. The quantitative estimate of drug-likeness (QED) is 0.362. The molecule has 0 aliphatic rings. The van der Waals surface area contributed by atoms with Crippen molar-refractivity contribution in [1.29, 1.82) is 0 Å². The number of hydrogen-bond donors (Lipinski definition) is 1. The summed E-state index contributed by atoms with van der Waals surface area (Å²) in [4.78, 5) is 11.2. The van der Waals surface area contributed by atoms with Crippen LogP contribution in [0.3, 0.4) is 0 Å². The lowest BCUT2D eigenvalue weighted by atomic mass is 10.2. The van der Waals surface area contributed by atoms with Crippen molar-refractivity contribution in [3.8, 4) is 5.75 Å². The number of methoxy groups -OCH3 is 1. The number of ether oxygens (including phenoxy) is 1. The number of nitrogens with one attached hydrogen (secondary N) is 1. The van der Waals surface area contributed by atoms with Crippen molar-refractivity contribution in [3.05, 3.63) is 45.9 Å². The lowest BCUT2D eigenvalue weighted by molar-refractivity contribution is 0.414. The average molecular weight is 488 g/mol. The van der Waals surface area contributed by atoms with Gasteiger partial charge >= 0.3 is 0 Å². The van der Waals surface area contributed by atoms with Crippen LogP contribution in [0.4, 0.5) is 0 Å². The van der Waals surface area contributed by atoms with Gasteiger partial charge in [-0.05, 0) is 17.7 Å². The van der Waals surface area contributed by atoms with Gasteiger partial charge in [-0.25, -0.2) is 4.98 Å². The Labute approximate surface area is 177 Å². The zero-order valence-corrected chi connectivity index (χ0v) is 19.3. The van der Waals surface area contributed by atoms with E-state index in [4.69, 9.17) is 4.74 Å². The standard InChI is InChI=1S/C19H28N4OS.HI/c1-14(2)18-22-16(13-25-18)10-11-21-19(20-3)23(4)12-15-6-8-17(24-5)9-7-15;/h6-9,13-14H,10-12H2,1-5H3,(H,20,21);1H. The van der Waals surface area contributed by atoms with Gasteiger partial charge in [0, 0.05) is 44.9 Å². The molecule has 26 heavy (non-hydrogen) atoms. The molecule has 1 heterocycles. The maximum Gasteiger partial charge on any atom is 0.193 e. The number of benzene rings is 1. The van der Waals surface area contributed by atoms with Gasteiger partial charge in [-0.3, -0.25) is 4.99 Å². The normalized spacial score (nSPS) is 11.2. The molecule has 7 heteroatoms. The summed E-state index contributed by atoms with van der Waals surface area (Å²) in [6.07, 6.45) is 0.901. The zero-order valence-electron chi connectivity index (χ0n) is 16.2. The molecule has 0 saturated carbocycles. The van der Waals surface area contributed by atoms with Gasteiger partial charge in [-0.1, -0.05) is 26.0 Å². The largest absolute Gasteiger partial charge is 0.497 e. The fraction of sp³-hybridized carbons (Fsp3) is 0.474. The number of hydrogen-bond acceptors (Lipinski definition) is 4. The van der Waals surface area contributed by atoms with Crippen molar-refractivity contribution in [2.24, 2.45) is 4.99 Å². The number of aromatic nitrogens is 1. The molecule has 5 nitrogen and oxygen atoms in total. The zero-order chi connectivity index (χ0) is 18.2. The van der Waals surface area contributed by atoms with Crippen LogP contribution in [-0.2, 0) is 13.0 Å². The molecule has 0 radical (unpaired) electrons. The van der Waals surface area contributed by atoms with Gasteiger partial charge in [0.1, 0.15) is 5.75 Å². The molecule has 2 aromatic rings. The fourth-order valence-electron chi connectivity index (χ4n) is 2.47. The highest BCUT2D eigenvalue weighted by Gasteiger charge is 2.08. The summed E-state index contributed by atoms with van der Waals surface area (Å²) in [5, 5.41) is 6.77. The molecule has 0 saturated heterocycles. The third-order valence-corrected chi connectivity index (χ3v) is 5.07. The van der Waals surface area contributed by atoms with Gasteiger partial charge in [0.25, 0.3) is 0 Å². The van der Waals surface area contributed by atoms with Crippen LogP contribution in [0.25, 0.3) is 0 Å². The van der Waals surface area contributed by atoms with E-state index in [0.29, 0.717) is 5.92 Å². The van der Waals surface area contributed by atoms with Crippen LogP contribution in [0.1, 0.15) is 36.0 Å². The minimum atomic E-state index is 0. The van der Waals surface area contributed by atoms with Crippen LogP contribution in [0.2, 0.25) is 0 Å². The highest BCUT2D eigenvalue weighted by molar-refractivity contribution is 14.0. The molecule has 144 valence electrons. The fourth-order valence-corrected chi connectivity index (χ4v) is 3.34. The summed E-state index contributed by atoms with van der Waals surface area (Å²) < 4.78 is 5.20. The van der Waals surface area contributed by atoms with Crippen LogP contribution in [-0.4, -0.2) is 43.6 Å². The minimum absolute atomic E-state index is 0. The molecule has 0 unspecified atom stereocenters. The molecule has 2 rings (SSSR count). The maximum atomic E-state index is 5.20. The Morgan fingerprint density at radius 1 is 1.31 bits per heavy atom. The third kappa shape index (κ3) is 6.75. The van der Waals surface area contributed by atoms with E-state index in [9.17, 15) is 0 Å². The molecule has 0 fully saturated rings. The molecule has 0 aliphatic heterocycles. The van der Waals surface area contributed by atoms with Gasteiger partial charge in [0.15, 0.2) is 5.96 Å². The molecule has 0 amide bonds. The number of aliphatic imine (C=N–C) groups is 1. The molecular weight excluding hydrogens is 459 g/mol. The first-order valence-electron chi connectivity index (χ1n) is 8.52. The molecule has 1 aromatic heterocycles. The second kappa shape index (κ2) is 11.4. The Balaban J connectivity index is 0.00000338. The summed E-state index contributed by atoms with van der Waals surface area (Å²) in [6.45, 7) is 5.96. The Kier molecular flexibility index (Phi) is 9.93.